The molecule has 0 aromatic rings. The summed E-state index contributed by atoms with van der Waals surface area (Å²) in [6.45, 7) is 7.94. The summed E-state index contributed by atoms with van der Waals surface area (Å²) in [5.41, 5.74) is 0. The molecule has 0 saturated carbocycles. The van der Waals surface area contributed by atoms with E-state index in [1.807, 2.05) is 27.7 Å². The van der Waals surface area contributed by atoms with Gasteiger partial charge in [-0.15, -0.1) is 0 Å². The number of ketones is 1. The predicted molar refractivity (Wildman–Crippen MR) is 75.2 cm³/mol. The number of carbonyl (C=O) groups is 2. The fourth-order valence-corrected chi connectivity index (χ4v) is 2.72. The molecule has 100 valence electrons. The Labute approximate surface area is 112 Å². The van der Waals surface area contributed by atoms with Crippen LogP contribution >= 0.6 is 21.6 Å². The highest BCUT2D eigenvalue weighted by atomic mass is 33.1. The van der Waals surface area contributed by atoms with Gasteiger partial charge in [0.15, 0.2) is 0 Å². The minimum absolute atomic E-state index is 0.0590. The van der Waals surface area contributed by atoms with E-state index >= 15 is 0 Å². The van der Waals surface area contributed by atoms with E-state index in [1.165, 1.54) is 0 Å². The smallest absolute Gasteiger partial charge is 0.308 e. The van der Waals surface area contributed by atoms with Crippen LogP contribution in [-0.2, 0) is 14.3 Å². The van der Waals surface area contributed by atoms with Crippen molar-refractivity contribution in [1.82, 2.24) is 0 Å². The van der Waals surface area contributed by atoms with Crippen molar-refractivity contribution in [3.8, 4) is 0 Å². The monoisotopic (exact) mass is 278 g/mol. The van der Waals surface area contributed by atoms with Crippen molar-refractivity contribution in [3.05, 3.63) is 0 Å². The number of Topliss-reactive ketones (excluding diaryl/α,β-unsaturated/α-hetero) is 1. The van der Waals surface area contributed by atoms with Crippen LogP contribution in [0.1, 0.15) is 34.1 Å². The van der Waals surface area contributed by atoms with Crippen LogP contribution in [0.4, 0.5) is 0 Å². The molecule has 3 nitrogen and oxygen atoms in total. The molecule has 0 amide bonds. The van der Waals surface area contributed by atoms with Crippen molar-refractivity contribution in [2.24, 2.45) is 11.8 Å². The van der Waals surface area contributed by atoms with Gasteiger partial charge < -0.3 is 4.74 Å². The minimum atomic E-state index is -0.148. The Balaban J connectivity index is 3.30. The van der Waals surface area contributed by atoms with Crippen LogP contribution in [-0.4, -0.2) is 29.9 Å². The Morgan fingerprint density at radius 1 is 1.00 bits per heavy atom. The second kappa shape index (κ2) is 9.83. The summed E-state index contributed by atoms with van der Waals surface area (Å²) in [6, 6.07) is 0. The van der Waals surface area contributed by atoms with Gasteiger partial charge in [0, 0.05) is 23.8 Å². The van der Waals surface area contributed by atoms with E-state index in [2.05, 4.69) is 0 Å². The van der Waals surface area contributed by atoms with Crippen LogP contribution in [0.25, 0.3) is 0 Å². The molecule has 0 heterocycles. The molecule has 0 spiro atoms. The summed E-state index contributed by atoms with van der Waals surface area (Å²) >= 11 is 0. The van der Waals surface area contributed by atoms with Gasteiger partial charge in [0.1, 0.15) is 12.4 Å². The van der Waals surface area contributed by atoms with Crippen molar-refractivity contribution < 1.29 is 14.3 Å². The molecule has 5 heteroatoms. The highest BCUT2D eigenvalue weighted by Crippen LogP contribution is 2.22. The molecule has 0 aromatic carbocycles. The first-order chi connectivity index (χ1) is 7.95. The second-order valence-corrected chi connectivity index (χ2v) is 7.04. The van der Waals surface area contributed by atoms with Gasteiger partial charge in [0.25, 0.3) is 0 Å². The number of rotatable bonds is 9. The fraction of sp³-hybridized carbons (Fsp3) is 0.833. The van der Waals surface area contributed by atoms with Gasteiger partial charge >= 0.3 is 5.97 Å². The van der Waals surface area contributed by atoms with Crippen LogP contribution in [0.3, 0.4) is 0 Å². The second-order valence-electron chi connectivity index (χ2n) is 4.34. The summed E-state index contributed by atoms with van der Waals surface area (Å²) in [5.74, 6) is 1.84. The normalized spacial score (nSPS) is 10.9. The lowest BCUT2D eigenvalue weighted by molar-refractivity contribution is -0.146. The largest absolute Gasteiger partial charge is 0.465 e. The Hall–Kier alpha value is -0.160. The first-order valence-corrected chi connectivity index (χ1v) is 8.37. The van der Waals surface area contributed by atoms with Crippen molar-refractivity contribution in [1.29, 1.82) is 0 Å². The number of hydrogen-bond donors (Lipinski definition) is 0. The fourth-order valence-electron chi connectivity index (χ4n) is 0.892. The molecule has 17 heavy (non-hydrogen) atoms. The van der Waals surface area contributed by atoms with Gasteiger partial charge in [-0.2, -0.15) is 0 Å². The van der Waals surface area contributed by atoms with Gasteiger partial charge in [-0.3, -0.25) is 9.59 Å². The van der Waals surface area contributed by atoms with Crippen molar-refractivity contribution in [3.63, 3.8) is 0 Å². The molecular formula is C12H22O3S2. The molecule has 0 rings (SSSR count). The van der Waals surface area contributed by atoms with Crippen molar-refractivity contribution >= 4 is 33.3 Å². The van der Waals surface area contributed by atoms with E-state index in [-0.39, 0.29) is 17.8 Å². The lowest BCUT2D eigenvalue weighted by atomic mass is 10.1. The molecule has 0 aliphatic heterocycles. The van der Waals surface area contributed by atoms with E-state index < -0.39 is 0 Å². The van der Waals surface area contributed by atoms with Crippen LogP contribution in [0, 0.1) is 11.8 Å². The third-order valence-electron chi connectivity index (χ3n) is 2.04. The zero-order valence-corrected chi connectivity index (χ0v) is 12.7. The Morgan fingerprint density at radius 3 is 2.12 bits per heavy atom. The van der Waals surface area contributed by atoms with Crippen LogP contribution in [0.5, 0.6) is 0 Å². The van der Waals surface area contributed by atoms with E-state index in [4.69, 9.17) is 4.74 Å². The topological polar surface area (TPSA) is 43.4 Å². The molecule has 0 atom stereocenters. The molecule has 0 unspecified atom stereocenters. The van der Waals surface area contributed by atoms with Gasteiger partial charge in [-0.25, -0.2) is 0 Å². The number of hydrogen-bond acceptors (Lipinski definition) is 5. The molecule has 0 aromatic heterocycles. The SMILES string of the molecule is CC(C)C(=O)CCSSCCOC(=O)C(C)C. The maximum atomic E-state index is 11.3. The zero-order valence-electron chi connectivity index (χ0n) is 11.0. The molecule has 0 radical (unpaired) electrons. The van der Waals surface area contributed by atoms with Gasteiger partial charge in [-0.1, -0.05) is 49.3 Å². The highest BCUT2D eigenvalue weighted by molar-refractivity contribution is 8.76. The average Bonchev–Trinajstić information content (AvgIpc) is 2.26. The highest BCUT2D eigenvalue weighted by Gasteiger charge is 2.08. The Kier molecular flexibility index (Phi) is 9.74. The molecule has 0 aliphatic rings. The van der Waals surface area contributed by atoms with Crippen LogP contribution < -0.4 is 0 Å². The predicted octanol–water partition coefficient (Wildman–Crippen LogP) is 3.18. The summed E-state index contributed by atoms with van der Waals surface area (Å²) in [7, 11) is 3.31. The van der Waals surface area contributed by atoms with Gasteiger partial charge in [0.2, 0.25) is 0 Å². The quantitative estimate of drug-likeness (QED) is 0.368. The lowest BCUT2D eigenvalue weighted by Crippen LogP contribution is -2.13. The van der Waals surface area contributed by atoms with Gasteiger partial charge in [0.05, 0.1) is 5.92 Å². The van der Waals surface area contributed by atoms with E-state index in [9.17, 15) is 9.59 Å². The molecule has 0 saturated heterocycles. The van der Waals surface area contributed by atoms with Gasteiger partial charge in [-0.05, 0) is 0 Å². The third kappa shape index (κ3) is 9.53. The maximum Gasteiger partial charge on any atom is 0.308 e. The Bertz CT molecular complexity index is 216. The van der Waals surface area contributed by atoms with E-state index in [1.54, 1.807) is 21.6 Å². The standard InChI is InChI=1S/C12H22O3S2/c1-9(2)11(13)5-7-16-17-8-6-15-12(14)10(3)4/h9-10H,5-8H2,1-4H3. The molecular weight excluding hydrogens is 256 g/mol. The molecule has 0 fully saturated rings. The van der Waals surface area contributed by atoms with Crippen molar-refractivity contribution in [2.45, 2.75) is 34.1 Å². The summed E-state index contributed by atoms with van der Waals surface area (Å²) in [4.78, 5) is 22.4. The first kappa shape index (κ1) is 16.8. The first-order valence-electron chi connectivity index (χ1n) is 5.89. The number of esters is 1. The summed E-state index contributed by atoms with van der Waals surface area (Å²) in [6.07, 6.45) is 0.626. The summed E-state index contributed by atoms with van der Waals surface area (Å²) in [5, 5.41) is 0. The zero-order chi connectivity index (χ0) is 13.3. The lowest BCUT2D eigenvalue weighted by Gasteiger charge is -2.06. The van der Waals surface area contributed by atoms with E-state index in [0.717, 1.165) is 11.5 Å². The van der Waals surface area contributed by atoms with E-state index in [0.29, 0.717) is 18.8 Å². The molecule has 0 aliphatic carbocycles. The maximum absolute atomic E-state index is 11.3. The Morgan fingerprint density at radius 2 is 1.59 bits per heavy atom. The average molecular weight is 278 g/mol. The van der Waals surface area contributed by atoms with Crippen LogP contribution in [0.2, 0.25) is 0 Å². The summed E-state index contributed by atoms with van der Waals surface area (Å²) < 4.78 is 5.03. The number of ether oxygens (including phenoxy) is 1. The van der Waals surface area contributed by atoms with Crippen molar-refractivity contribution in [2.75, 3.05) is 18.1 Å². The molecule has 0 N–H and O–H groups in total. The molecule has 0 bridgehead atoms. The minimum Gasteiger partial charge on any atom is -0.465 e. The third-order valence-corrected chi connectivity index (χ3v) is 4.41. The van der Waals surface area contributed by atoms with Crippen LogP contribution in [0.15, 0.2) is 0 Å². The number of carbonyl (C=O) groups excluding carboxylic acids is 2.